The van der Waals surface area contributed by atoms with Gasteiger partial charge in [0.1, 0.15) is 16.3 Å². The van der Waals surface area contributed by atoms with Crippen molar-refractivity contribution in [3.05, 3.63) is 113 Å². The summed E-state index contributed by atoms with van der Waals surface area (Å²) in [7, 11) is -10.4. The van der Waals surface area contributed by atoms with Gasteiger partial charge in [-0.2, -0.15) is 12.9 Å². The first-order valence-corrected chi connectivity index (χ1v) is 24.4. The van der Waals surface area contributed by atoms with Crippen LogP contribution in [-0.4, -0.2) is 100 Å². The van der Waals surface area contributed by atoms with Crippen molar-refractivity contribution >= 4 is 36.0 Å². The Bertz CT molecular complexity index is 2530. The third-order valence-electron chi connectivity index (χ3n) is 11.3. The fraction of sp³-hybridized carbons (Fsp3) is 0.442. The average Bonchev–Trinajstić information content (AvgIpc) is 3.57. The third-order valence-corrected chi connectivity index (χ3v) is 17.1. The van der Waals surface area contributed by atoms with E-state index >= 15 is 0 Å². The zero-order valence-corrected chi connectivity index (χ0v) is 37.7. The Labute approximate surface area is 359 Å². The summed E-state index contributed by atoms with van der Waals surface area (Å²) in [5, 5.41) is 13.3. The Morgan fingerprint density at radius 1 is 0.918 bits per heavy atom. The van der Waals surface area contributed by atoms with Crippen molar-refractivity contribution in [1.82, 2.24) is 18.1 Å². The van der Waals surface area contributed by atoms with Gasteiger partial charge in [0, 0.05) is 57.2 Å². The molecule has 18 heteroatoms. The number of hydrogen-bond donors (Lipinski definition) is 1. The maximum atomic E-state index is 14.3. The second-order valence-electron chi connectivity index (χ2n) is 16.2. The van der Waals surface area contributed by atoms with Gasteiger partial charge in [-0.3, -0.25) is 0 Å². The molecule has 6 rings (SSSR count). The largest absolute Gasteiger partial charge is 0.482 e. The number of sulfonamides is 3. The zero-order valence-electron chi connectivity index (χ0n) is 35.2. The van der Waals surface area contributed by atoms with Crippen molar-refractivity contribution in [3.8, 4) is 5.75 Å². The molecule has 0 radical (unpaired) electrons. The number of carboxylic acid groups (broad SMARTS) is 1. The number of carbonyl (C=O) groups is 1. The molecule has 0 saturated carbocycles. The first-order chi connectivity index (χ1) is 28.7. The fourth-order valence-corrected chi connectivity index (χ4v) is 12.5. The number of ether oxygens (including phenoxy) is 2. The number of carboxylic acids is 1. The quantitative estimate of drug-likeness (QED) is 0.127. The molecule has 0 unspecified atom stereocenters. The predicted molar refractivity (Wildman–Crippen MR) is 227 cm³/mol. The average molecular weight is 899 g/mol. The van der Waals surface area contributed by atoms with E-state index in [1.807, 2.05) is 49.4 Å². The summed E-state index contributed by atoms with van der Waals surface area (Å²) in [6, 6.07) is 20.4. The van der Waals surface area contributed by atoms with Gasteiger partial charge in [0.25, 0.3) is 0 Å². The van der Waals surface area contributed by atoms with E-state index < -0.39 is 60.8 Å². The topological polar surface area (TPSA) is 194 Å². The van der Waals surface area contributed by atoms with Gasteiger partial charge in [0.2, 0.25) is 30.1 Å². The van der Waals surface area contributed by atoms with Gasteiger partial charge in [-0.25, -0.2) is 30.0 Å². The van der Waals surface area contributed by atoms with E-state index in [0.29, 0.717) is 18.4 Å². The molecule has 3 aromatic carbocycles. The highest BCUT2D eigenvalue weighted by Crippen LogP contribution is 2.50. The maximum absolute atomic E-state index is 14.3. The van der Waals surface area contributed by atoms with Crippen molar-refractivity contribution < 1.29 is 49.2 Å². The fourth-order valence-electron chi connectivity index (χ4n) is 8.16. The highest BCUT2D eigenvalue weighted by atomic mass is 32.2. The first-order valence-electron chi connectivity index (χ1n) is 20.0. The lowest BCUT2D eigenvalue weighted by molar-refractivity contribution is -0.139. The van der Waals surface area contributed by atoms with Crippen LogP contribution in [0, 0.1) is 25.7 Å². The number of hydrogen-bond acceptors (Lipinski definition) is 11. The number of benzene rings is 3. The van der Waals surface area contributed by atoms with Crippen LogP contribution < -0.4 is 4.74 Å². The van der Waals surface area contributed by atoms with Gasteiger partial charge < -0.3 is 19.1 Å². The molecule has 1 aromatic heterocycles. The lowest BCUT2D eigenvalue weighted by Crippen LogP contribution is -2.50. The van der Waals surface area contributed by atoms with E-state index in [1.54, 1.807) is 19.2 Å². The van der Waals surface area contributed by atoms with Crippen LogP contribution in [0.1, 0.15) is 73.8 Å². The van der Waals surface area contributed by atoms with E-state index in [1.165, 1.54) is 45.0 Å². The molecule has 2 saturated heterocycles. The van der Waals surface area contributed by atoms with Gasteiger partial charge in [0.05, 0.1) is 22.0 Å². The molecule has 0 bridgehead atoms. The van der Waals surface area contributed by atoms with Gasteiger partial charge in [-0.1, -0.05) is 73.6 Å². The Morgan fingerprint density at radius 2 is 1.52 bits per heavy atom. The maximum Gasteiger partial charge on any atom is 0.341 e. The summed E-state index contributed by atoms with van der Waals surface area (Å²) >= 11 is 0. The monoisotopic (exact) mass is 898 g/mol. The lowest BCUT2D eigenvalue weighted by atomic mass is 9.74. The van der Waals surface area contributed by atoms with Crippen molar-refractivity contribution in [2.75, 3.05) is 39.8 Å². The predicted octanol–water partition coefficient (Wildman–Crippen LogP) is 6.12. The number of aromatic nitrogens is 1. The lowest BCUT2D eigenvalue weighted by Gasteiger charge is -2.44. The van der Waals surface area contributed by atoms with Crippen molar-refractivity contribution in [2.24, 2.45) is 11.8 Å². The Morgan fingerprint density at radius 3 is 2.08 bits per heavy atom. The van der Waals surface area contributed by atoms with E-state index in [0.717, 1.165) is 16.7 Å². The molecule has 0 aliphatic carbocycles. The SMILES string of the molecule is C=C(C)[C@@H]1C[C@@H](c2ccc(S(=O)(=O)N(C)Cc3ccccc3)cc2)[C@@H](CC(C)C)O[C@H]1c1cc(S(=O)(=O)N2CCN(S(=O)(=O)c3c(C)noc3C)CC2)ccc1OCC(=O)O. The van der Waals surface area contributed by atoms with Gasteiger partial charge >= 0.3 is 5.97 Å². The third kappa shape index (κ3) is 9.95. The molecule has 330 valence electrons. The summed E-state index contributed by atoms with van der Waals surface area (Å²) < 4.78 is 104. The highest BCUT2D eigenvalue weighted by Gasteiger charge is 2.43. The minimum absolute atomic E-state index is 0.0321. The summed E-state index contributed by atoms with van der Waals surface area (Å²) in [5.74, 6) is -1.34. The number of aliphatic carboxylic acids is 1. The van der Waals surface area contributed by atoms with Crippen LogP contribution in [0.4, 0.5) is 0 Å². The van der Waals surface area contributed by atoms with Crippen LogP contribution >= 0.6 is 0 Å². The highest BCUT2D eigenvalue weighted by molar-refractivity contribution is 7.90. The minimum atomic E-state index is -4.20. The van der Waals surface area contributed by atoms with Crippen LogP contribution in [-0.2, 0) is 46.1 Å². The standard InChI is InChI=1S/C43H54N4O11S3/c1-28(2)23-40-37(33-13-15-34(16-14-33)59(50,51)45(7)26-32-11-9-8-10-12-32)25-36(29(3)4)42(57-40)38-24-35(17-18-39(38)56-27-41(48)49)60(52,53)46-19-21-47(22-20-46)61(54,55)43-30(5)44-58-31(43)6/h8-18,24,28,36-37,40,42H,3,19-23,25-27H2,1-2,4-7H3,(H,48,49)/t36-,37-,40+,42+/m0/s1. The molecule has 2 aliphatic heterocycles. The Kier molecular flexibility index (Phi) is 14.0. The van der Waals surface area contributed by atoms with Crippen molar-refractivity contribution in [2.45, 2.75) is 86.8 Å². The summed E-state index contributed by atoms with van der Waals surface area (Å²) in [4.78, 5) is 11.7. The van der Waals surface area contributed by atoms with Crippen LogP contribution in [0.2, 0.25) is 0 Å². The molecular weight excluding hydrogens is 845 g/mol. The van der Waals surface area contributed by atoms with Crippen molar-refractivity contribution in [3.63, 3.8) is 0 Å². The first kappa shape index (κ1) is 46.1. The molecular formula is C43H54N4O11S3. The van der Waals surface area contributed by atoms with E-state index in [-0.39, 0.29) is 76.4 Å². The molecule has 4 atom stereocenters. The number of aryl methyl sites for hydroxylation is 2. The summed E-state index contributed by atoms with van der Waals surface area (Å²) in [5.41, 5.74) is 3.03. The zero-order chi connectivity index (χ0) is 44.4. The second kappa shape index (κ2) is 18.5. The normalized spacial score (nSPS) is 20.9. The number of nitrogens with zero attached hydrogens (tertiary/aromatic N) is 4. The number of rotatable bonds is 16. The molecule has 15 nitrogen and oxygen atoms in total. The van der Waals surface area contributed by atoms with Gasteiger partial charge in [-0.15, -0.1) is 0 Å². The summed E-state index contributed by atoms with van der Waals surface area (Å²) in [6.07, 6.45) is -0.0910. The molecule has 2 fully saturated rings. The molecule has 0 spiro atoms. The molecule has 4 aromatic rings. The van der Waals surface area contributed by atoms with Gasteiger partial charge in [0.15, 0.2) is 12.4 Å². The van der Waals surface area contributed by atoms with E-state index in [4.69, 9.17) is 14.0 Å². The molecule has 3 heterocycles. The smallest absolute Gasteiger partial charge is 0.341 e. The molecule has 1 N–H and O–H groups in total. The van der Waals surface area contributed by atoms with Crippen molar-refractivity contribution in [1.29, 1.82) is 0 Å². The Hall–Kier alpha value is -4.43. The summed E-state index contributed by atoms with van der Waals surface area (Å²) in [6.45, 7) is 12.4. The number of piperazine rings is 1. The van der Waals surface area contributed by atoms with Crippen LogP contribution in [0.15, 0.2) is 104 Å². The van der Waals surface area contributed by atoms with Crippen LogP contribution in [0.3, 0.4) is 0 Å². The molecule has 0 amide bonds. The molecule has 2 aliphatic rings. The second-order valence-corrected chi connectivity index (χ2v) is 22.0. The van der Waals surface area contributed by atoms with Crippen LogP contribution in [0.5, 0.6) is 5.75 Å². The minimum Gasteiger partial charge on any atom is -0.482 e. The Balaban J connectivity index is 1.29. The van der Waals surface area contributed by atoms with E-state index in [2.05, 4.69) is 25.6 Å². The van der Waals surface area contributed by atoms with E-state index in [9.17, 15) is 35.2 Å². The van der Waals surface area contributed by atoms with Crippen LogP contribution in [0.25, 0.3) is 0 Å². The van der Waals surface area contributed by atoms with Gasteiger partial charge in [-0.05, 0) is 81.0 Å². The molecule has 61 heavy (non-hydrogen) atoms.